The van der Waals surface area contributed by atoms with Crippen molar-refractivity contribution < 1.29 is 0 Å². The summed E-state index contributed by atoms with van der Waals surface area (Å²) < 4.78 is 0. The van der Waals surface area contributed by atoms with E-state index in [1.54, 1.807) is 6.20 Å². The number of nitrogen functional groups attached to an aromatic ring is 1. The third kappa shape index (κ3) is 1.81. The van der Waals surface area contributed by atoms with Crippen LogP contribution in [0.4, 0.5) is 11.5 Å². The molecule has 0 unspecified atom stereocenters. The van der Waals surface area contributed by atoms with Crippen molar-refractivity contribution in [1.29, 1.82) is 0 Å². The number of hydrogen-bond acceptors (Lipinski definition) is 3. The average molecular weight is 191 g/mol. The highest BCUT2D eigenvalue weighted by atomic mass is 15.2. The topological polar surface area (TPSA) is 42.1 Å². The van der Waals surface area contributed by atoms with Crippen LogP contribution in [0.15, 0.2) is 18.3 Å². The highest BCUT2D eigenvalue weighted by Crippen LogP contribution is 2.22. The van der Waals surface area contributed by atoms with E-state index in [9.17, 15) is 0 Å². The molecule has 3 nitrogen and oxygen atoms in total. The van der Waals surface area contributed by atoms with Crippen molar-refractivity contribution in [2.75, 3.05) is 17.2 Å². The monoisotopic (exact) mass is 191 g/mol. The summed E-state index contributed by atoms with van der Waals surface area (Å²) in [6.07, 6.45) is 5.62. The Morgan fingerprint density at radius 1 is 1.43 bits per heavy atom. The van der Waals surface area contributed by atoms with Gasteiger partial charge in [-0.2, -0.15) is 0 Å². The van der Waals surface area contributed by atoms with Crippen molar-refractivity contribution in [1.82, 2.24) is 4.98 Å². The molecular formula is C11H17N3. The molecule has 76 valence electrons. The van der Waals surface area contributed by atoms with Crippen LogP contribution in [0, 0.1) is 0 Å². The van der Waals surface area contributed by atoms with Crippen LogP contribution in [0.1, 0.15) is 26.2 Å². The van der Waals surface area contributed by atoms with E-state index < -0.39 is 0 Å². The second kappa shape index (κ2) is 3.86. The van der Waals surface area contributed by atoms with Crippen LogP contribution in [-0.2, 0) is 0 Å². The Hall–Kier alpha value is -1.25. The summed E-state index contributed by atoms with van der Waals surface area (Å²) in [4.78, 5) is 6.72. The fourth-order valence-electron chi connectivity index (χ4n) is 2.01. The molecule has 0 amide bonds. The predicted octanol–water partition coefficient (Wildman–Crippen LogP) is 2.04. The van der Waals surface area contributed by atoms with Crippen molar-refractivity contribution in [2.45, 2.75) is 32.2 Å². The number of aromatic nitrogens is 1. The zero-order valence-corrected chi connectivity index (χ0v) is 8.61. The lowest BCUT2D eigenvalue weighted by molar-refractivity contribution is 0.481. The Balaban J connectivity index is 2.16. The summed E-state index contributed by atoms with van der Waals surface area (Å²) in [6, 6.07) is 4.54. The molecule has 0 bridgehead atoms. The Morgan fingerprint density at radius 2 is 2.29 bits per heavy atom. The Morgan fingerprint density at radius 3 is 2.93 bits per heavy atom. The van der Waals surface area contributed by atoms with E-state index in [2.05, 4.69) is 16.8 Å². The average Bonchev–Trinajstić information content (AvgIpc) is 2.20. The summed E-state index contributed by atoms with van der Waals surface area (Å²) in [5.41, 5.74) is 6.34. The molecule has 0 spiro atoms. The molecule has 0 aromatic carbocycles. The summed E-state index contributed by atoms with van der Waals surface area (Å²) in [5, 5.41) is 0. The third-order valence-corrected chi connectivity index (χ3v) is 2.87. The second-order valence-electron chi connectivity index (χ2n) is 3.99. The normalized spacial score (nSPS) is 22.4. The quantitative estimate of drug-likeness (QED) is 0.738. The maximum Gasteiger partial charge on any atom is 0.128 e. The highest BCUT2D eigenvalue weighted by molar-refractivity contribution is 5.46. The number of anilines is 2. The first kappa shape index (κ1) is 9.31. The van der Waals surface area contributed by atoms with Gasteiger partial charge in [0.2, 0.25) is 0 Å². The van der Waals surface area contributed by atoms with Crippen LogP contribution in [-0.4, -0.2) is 17.6 Å². The molecule has 1 aliphatic rings. The minimum atomic E-state index is 0.611. The third-order valence-electron chi connectivity index (χ3n) is 2.87. The molecule has 14 heavy (non-hydrogen) atoms. The van der Waals surface area contributed by atoms with E-state index in [0.29, 0.717) is 6.04 Å². The predicted molar refractivity (Wildman–Crippen MR) is 59.3 cm³/mol. The van der Waals surface area contributed by atoms with Crippen molar-refractivity contribution in [2.24, 2.45) is 0 Å². The molecular weight excluding hydrogens is 174 g/mol. The van der Waals surface area contributed by atoms with Gasteiger partial charge in [0.15, 0.2) is 0 Å². The van der Waals surface area contributed by atoms with Crippen molar-refractivity contribution in [3.05, 3.63) is 18.3 Å². The first-order valence-electron chi connectivity index (χ1n) is 5.25. The summed E-state index contributed by atoms with van der Waals surface area (Å²) in [7, 11) is 0. The van der Waals surface area contributed by atoms with E-state index in [0.717, 1.165) is 18.1 Å². The van der Waals surface area contributed by atoms with Gasteiger partial charge in [-0.1, -0.05) is 0 Å². The van der Waals surface area contributed by atoms with Gasteiger partial charge in [0, 0.05) is 12.6 Å². The van der Waals surface area contributed by atoms with Gasteiger partial charge in [-0.25, -0.2) is 4.98 Å². The molecule has 1 aromatic heterocycles. The minimum Gasteiger partial charge on any atom is -0.397 e. The largest absolute Gasteiger partial charge is 0.397 e. The number of rotatable bonds is 1. The fraction of sp³-hybridized carbons (Fsp3) is 0.545. The highest BCUT2D eigenvalue weighted by Gasteiger charge is 2.18. The number of pyridine rings is 1. The molecule has 1 aliphatic heterocycles. The van der Waals surface area contributed by atoms with Crippen molar-refractivity contribution >= 4 is 11.5 Å². The first-order valence-corrected chi connectivity index (χ1v) is 5.25. The SMILES string of the molecule is C[C@H]1CCCCN1c1ccc(N)cn1. The van der Waals surface area contributed by atoms with E-state index in [-0.39, 0.29) is 0 Å². The standard InChI is InChI=1S/C11H17N3/c1-9-4-2-3-7-14(9)11-6-5-10(12)8-13-11/h5-6,8-9H,2-4,7,12H2,1H3/t9-/m0/s1. The van der Waals surface area contributed by atoms with Gasteiger partial charge in [0.05, 0.1) is 11.9 Å². The lowest BCUT2D eigenvalue weighted by Crippen LogP contribution is -2.37. The van der Waals surface area contributed by atoms with Gasteiger partial charge in [0.25, 0.3) is 0 Å². The van der Waals surface area contributed by atoms with Crippen molar-refractivity contribution in [3.8, 4) is 0 Å². The Kier molecular flexibility index (Phi) is 2.57. The molecule has 2 N–H and O–H groups in total. The molecule has 2 heterocycles. The van der Waals surface area contributed by atoms with E-state index in [1.165, 1.54) is 19.3 Å². The van der Waals surface area contributed by atoms with Gasteiger partial charge in [0.1, 0.15) is 5.82 Å². The minimum absolute atomic E-state index is 0.611. The van der Waals surface area contributed by atoms with Gasteiger partial charge in [-0.3, -0.25) is 0 Å². The summed E-state index contributed by atoms with van der Waals surface area (Å²) in [6.45, 7) is 3.38. The maximum atomic E-state index is 5.61. The van der Waals surface area contributed by atoms with Crippen LogP contribution >= 0.6 is 0 Å². The number of nitrogens with two attached hydrogens (primary N) is 1. The van der Waals surface area contributed by atoms with Gasteiger partial charge < -0.3 is 10.6 Å². The molecule has 2 rings (SSSR count). The summed E-state index contributed by atoms with van der Waals surface area (Å²) in [5.74, 6) is 1.06. The van der Waals surface area contributed by atoms with E-state index in [1.807, 2.05) is 12.1 Å². The maximum absolute atomic E-state index is 5.61. The molecule has 1 aromatic rings. The van der Waals surface area contributed by atoms with Gasteiger partial charge in [-0.05, 0) is 38.3 Å². The molecule has 1 saturated heterocycles. The zero-order valence-electron chi connectivity index (χ0n) is 8.61. The van der Waals surface area contributed by atoms with E-state index in [4.69, 9.17) is 5.73 Å². The molecule has 1 atom stereocenters. The van der Waals surface area contributed by atoms with Crippen LogP contribution in [0.5, 0.6) is 0 Å². The smallest absolute Gasteiger partial charge is 0.128 e. The van der Waals surface area contributed by atoms with Crippen LogP contribution in [0.25, 0.3) is 0 Å². The molecule has 0 aliphatic carbocycles. The first-order chi connectivity index (χ1) is 6.77. The van der Waals surface area contributed by atoms with Gasteiger partial charge >= 0.3 is 0 Å². The van der Waals surface area contributed by atoms with Crippen molar-refractivity contribution in [3.63, 3.8) is 0 Å². The molecule has 1 fully saturated rings. The number of piperidine rings is 1. The lowest BCUT2D eigenvalue weighted by Gasteiger charge is -2.34. The Bertz CT molecular complexity index is 294. The Labute approximate surface area is 84.9 Å². The zero-order chi connectivity index (χ0) is 9.97. The van der Waals surface area contributed by atoms with Crippen LogP contribution in [0.3, 0.4) is 0 Å². The molecule has 0 radical (unpaired) electrons. The molecule has 0 saturated carbocycles. The van der Waals surface area contributed by atoms with Crippen LogP contribution in [0.2, 0.25) is 0 Å². The van der Waals surface area contributed by atoms with Gasteiger partial charge in [-0.15, -0.1) is 0 Å². The lowest BCUT2D eigenvalue weighted by atomic mass is 10.0. The summed E-state index contributed by atoms with van der Waals surface area (Å²) >= 11 is 0. The van der Waals surface area contributed by atoms with Crippen LogP contribution < -0.4 is 10.6 Å². The van der Waals surface area contributed by atoms with E-state index >= 15 is 0 Å². The second-order valence-corrected chi connectivity index (χ2v) is 3.99. The molecule has 3 heteroatoms. The number of nitrogens with zero attached hydrogens (tertiary/aromatic N) is 2. The number of hydrogen-bond donors (Lipinski definition) is 1. The fourth-order valence-corrected chi connectivity index (χ4v) is 2.01.